The zero-order valence-corrected chi connectivity index (χ0v) is 11.7. The number of unbranched alkanes of at least 4 members (excludes halogenated alkanes) is 4. The molecule has 0 aromatic carbocycles. The van der Waals surface area contributed by atoms with Crippen molar-refractivity contribution in [2.24, 2.45) is 5.92 Å². The van der Waals surface area contributed by atoms with Crippen molar-refractivity contribution >= 4 is 5.78 Å². The van der Waals surface area contributed by atoms with Crippen LogP contribution in [-0.2, 0) is 4.79 Å². The van der Waals surface area contributed by atoms with Crippen molar-refractivity contribution in [3.63, 3.8) is 0 Å². The maximum Gasteiger partial charge on any atom is 0.132 e. The number of rotatable bonds is 9. The SMILES string of the molecule is CCCCCCCC(=O)CCC1CCCCC1. The van der Waals surface area contributed by atoms with Crippen molar-refractivity contribution in [1.29, 1.82) is 0 Å². The standard InChI is InChI=1S/C16H30O/c1-2-3-4-5-9-12-16(17)14-13-15-10-7-6-8-11-15/h15H,2-14H2,1H3. The summed E-state index contributed by atoms with van der Waals surface area (Å²) < 4.78 is 0. The van der Waals surface area contributed by atoms with Gasteiger partial charge in [0, 0.05) is 12.8 Å². The topological polar surface area (TPSA) is 17.1 Å². The molecule has 1 aliphatic carbocycles. The van der Waals surface area contributed by atoms with Crippen molar-refractivity contribution in [3.8, 4) is 0 Å². The Kier molecular flexibility index (Phi) is 8.38. The predicted molar refractivity (Wildman–Crippen MR) is 74.2 cm³/mol. The maximum atomic E-state index is 11.7. The van der Waals surface area contributed by atoms with Crippen LogP contribution in [0.2, 0.25) is 0 Å². The van der Waals surface area contributed by atoms with Crippen LogP contribution < -0.4 is 0 Å². The van der Waals surface area contributed by atoms with Crippen LogP contribution in [0.3, 0.4) is 0 Å². The van der Waals surface area contributed by atoms with Gasteiger partial charge in [0.2, 0.25) is 0 Å². The van der Waals surface area contributed by atoms with Gasteiger partial charge in [-0.3, -0.25) is 4.79 Å². The van der Waals surface area contributed by atoms with E-state index in [1.54, 1.807) is 0 Å². The van der Waals surface area contributed by atoms with E-state index >= 15 is 0 Å². The molecule has 17 heavy (non-hydrogen) atoms. The van der Waals surface area contributed by atoms with Gasteiger partial charge in [-0.25, -0.2) is 0 Å². The molecule has 0 radical (unpaired) electrons. The Morgan fingerprint density at radius 2 is 1.65 bits per heavy atom. The summed E-state index contributed by atoms with van der Waals surface area (Å²) in [5, 5.41) is 0. The fourth-order valence-electron chi connectivity index (χ4n) is 2.89. The molecule has 1 saturated carbocycles. The average Bonchev–Trinajstić information content (AvgIpc) is 2.37. The molecule has 1 rings (SSSR count). The molecule has 0 bridgehead atoms. The first-order chi connectivity index (χ1) is 8.33. The molecule has 0 aromatic heterocycles. The number of hydrogen-bond donors (Lipinski definition) is 0. The summed E-state index contributed by atoms with van der Waals surface area (Å²) in [6.07, 6.45) is 16.2. The largest absolute Gasteiger partial charge is 0.300 e. The molecule has 0 unspecified atom stereocenters. The third kappa shape index (κ3) is 7.57. The summed E-state index contributed by atoms with van der Waals surface area (Å²) in [5.41, 5.74) is 0. The quantitative estimate of drug-likeness (QED) is 0.500. The van der Waals surface area contributed by atoms with E-state index in [-0.39, 0.29) is 0 Å². The summed E-state index contributed by atoms with van der Waals surface area (Å²) in [6.45, 7) is 2.23. The Morgan fingerprint density at radius 3 is 2.35 bits per heavy atom. The molecule has 0 saturated heterocycles. The van der Waals surface area contributed by atoms with Crippen molar-refractivity contribution < 1.29 is 4.79 Å². The predicted octanol–water partition coefficient (Wildman–Crippen LogP) is 5.28. The van der Waals surface area contributed by atoms with Crippen LogP contribution >= 0.6 is 0 Å². The normalized spacial score (nSPS) is 17.2. The third-order valence-corrected chi connectivity index (χ3v) is 4.12. The molecular formula is C16H30O. The van der Waals surface area contributed by atoms with Crippen LogP contribution in [0, 0.1) is 5.92 Å². The van der Waals surface area contributed by atoms with E-state index in [9.17, 15) is 4.79 Å². The number of carbonyl (C=O) groups excluding carboxylic acids is 1. The molecular weight excluding hydrogens is 208 g/mol. The molecule has 1 aliphatic rings. The van der Waals surface area contributed by atoms with Gasteiger partial charge in [0.05, 0.1) is 0 Å². The molecule has 1 nitrogen and oxygen atoms in total. The van der Waals surface area contributed by atoms with Crippen molar-refractivity contribution in [2.45, 2.75) is 90.4 Å². The number of Topliss-reactive ketones (excluding diaryl/α,β-unsaturated/α-hetero) is 1. The van der Waals surface area contributed by atoms with Gasteiger partial charge in [-0.05, 0) is 18.8 Å². The van der Waals surface area contributed by atoms with E-state index in [1.165, 1.54) is 64.2 Å². The second-order valence-electron chi connectivity index (χ2n) is 5.75. The summed E-state index contributed by atoms with van der Waals surface area (Å²) >= 11 is 0. The summed E-state index contributed by atoms with van der Waals surface area (Å²) in [6, 6.07) is 0. The van der Waals surface area contributed by atoms with Crippen molar-refractivity contribution in [2.75, 3.05) is 0 Å². The van der Waals surface area contributed by atoms with Gasteiger partial charge in [0.15, 0.2) is 0 Å². The highest BCUT2D eigenvalue weighted by Crippen LogP contribution is 2.27. The Balaban J connectivity index is 1.93. The third-order valence-electron chi connectivity index (χ3n) is 4.12. The van der Waals surface area contributed by atoms with Gasteiger partial charge >= 0.3 is 0 Å². The van der Waals surface area contributed by atoms with Crippen LogP contribution in [0.15, 0.2) is 0 Å². The van der Waals surface area contributed by atoms with Gasteiger partial charge in [-0.2, -0.15) is 0 Å². The van der Waals surface area contributed by atoms with Gasteiger partial charge in [-0.15, -0.1) is 0 Å². The van der Waals surface area contributed by atoms with Crippen molar-refractivity contribution in [3.05, 3.63) is 0 Å². The molecule has 0 amide bonds. The zero-order chi connectivity index (χ0) is 12.3. The van der Waals surface area contributed by atoms with Crippen LogP contribution in [0.25, 0.3) is 0 Å². The maximum absolute atomic E-state index is 11.7. The first-order valence-corrected chi connectivity index (χ1v) is 7.84. The summed E-state index contributed by atoms with van der Waals surface area (Å²) in [7, 11) is 0. The fourth-order valence-corrected chi connectivity index (χ4v) is 2.89. The fraction of sp³-hybridized carbons (Fsp3) is 0.938. The van der Waals surface area contributed by atoms with E-state index in [0.29, 0.717) is 5.78 Å². The lowest BCUT2D eigenvalue weighted by Gasteiger charge is -2.20. The lowest BCUT2D eigenvalue weighted by atomic mass is 9.85. The number of ketones is 1. The summed E-state index contributed by atoms with van der Waals surface area (Å²) in [5.74, 6) is 1.39. The second kappa shape index (κ2) is 9.67. The Hall–Kier alpha value is -0.330. The smallest absolute Gasteiger partial charge is 0.132 e. The molecule has 0 spiro atoms. The minimum atomic E-state index is 0.520. The molecule has 0 heterocycles. The summed E-state index contributed by atoms with van der Waals surface area (Å²) in [4.78, 5) is 11.7. The highest BCUT2D eigenvalue weighted by atomic mass is 16.1. The van der Waals surface area contributed by atoms with Crippen LogP contribution in [0.4, 0.5) is 0 Å². The van der Waals surface area contributed by atoms with Gasteiger partial charge in [0.25, 0.3) is 0 Å². The number of carbonyl (C=O) groups is 1. The number of hydrogen-bond acceptors (Lipinski definition) is 1. The Morgan fingerprint density at radius 1 is 0.941 bits per heavy atom. The van der Waals surface area contributed by atoms with E-state index in [0.717, 1.165) is 25.2 Å². The first-order valence-electron chi connectivity index (χ1n) is 7.84. The van der Waals surface area contributed by atoms with E-state index in [1.807, 2.05) is 0 Å². The second-order valence-corrected chi connectivity index (χ2v) is 5.75. The minimum Gasteiger partial charge on any atom is -0.300 e. The van der Waals surface area contributed by atoms with E-state index < -0.39 is 0 Å². The highest BCUT2D eigenvalue weighted by molar-refractivity contribution is 5.78. The highest BCUT2D eigenvalue weighted by Gasteiger charge is 2.14. The zero-order valence-electron chi connectivity index (χ0n) is 11.7. The van der Waals surface area contributed by atoms with E-state index in [4.69, 9.17) is 0 Å². The van der Waals surface area contributed by atoms with Gasteiger partial charge in [0.1, 0.15) is 5.78 Å². The van der Waals surface area contributed by atoms with E-state index in [2.05, 4.69) is 6.92 Å². The molecule has 1 heteroatoms. The minimum absolute atomic E-state index is 0.520. The molecule has 0 aliphatic heterocycles. The molecule has 0 atom stereocenters. The molecule has 1 fully saturated rings. The molecule has 0 N–H and O–H groups in total. The molecule has 100 valence electrons. The van der Waals surface area contributed by atoms with Crippen LogP contribution in [-0.4, -0.2) is 5.78 Å². The average molecular weight is 238 g/mol. The van der Waals surface area contributed by atoms with Crippen molar-refractivity contribution in [1.82, 2.24) is 0 Å². The lowest BCUT2D eigenvalue weighted by Crippen LogP contribution is -2.08. The Labute approximate surface area is 107 Å². The van der Waals surface area contributed by atoms with Crippen LogP contribution in [0.5, 0.6) is 0 Å². The van der Waals surface area contributed by atoms with Crippen LogP contribution in [0.1, 0.15) is 90.4 Å². The monoisotopic (exact) mass is 238 g/mol. The first kappa shape index (κ1) is 14.7. The van der Waals surface area contributed by atoms with Gasteiger partial charge < -0.3 is 0 Å². The molecule has 0 aromatic rings. The lowest BCUT2D eigenvalue weighted by molar-refractivity contribution is -0.119. The van der Waals surface area contributed by atoms with Gasteiger partial charge in [-0.1, -0.05) is 64.7 Å². The Bertz CT molecular complexity index is 192.